The van der Waals surface area contributed by atoms with Crippen LogP contribution in [0.15, 0.2) is 30.3 Å². The highest BCUT2D eigenvalue weighted by Crippen LogP contribution is 2.07. The van der Waals surface area contributed by atoms with Crippen LogP contribution in [0.25, 0.3) is 0 Å². The van der Waals surface area contributed by atoms with Gasteiger partial charge in [0, 0.05) is 19.1 Å². The van der Waals surface area contributed by atoms with E-state index in [9.17, 15) is 4.79 Å². The van der Waals surface area contributed by atoms with Crippen LogP contribution >= 0.6 is 0 Å². The number of likely N-dealkylation sites (tertiary alicyclic amines) is 1. The molecule has 1 saturated heterocycles. The highest BCUT2D eigenvalue weighted by molar-refractivity contribution is 5.78. The van der Waals surface area contributed by atoms with Crippen LogP contribution in [0.5, 0.6) is 5.75 Å². The Balaban J connectivity index is 1.57. The summed E-state index contributed by atoms with van der Waals surface area (Å²) in [5, 5.41) is 2.85. The van der Waals surface area contributed by atoms with Crippen molar-refractivity contribution < 1.29 is 9.53 Å². The topological polar surface area (TPSA) is 67.6 Å². The molecule has 1 atom stereocenters. The number of hydrogen-bond donors (Lipinski definition) is 2. The molecule has 5 heteroatoms. The van der Waals surface area contributed by atoms with Gasteiger partial charge in [0.05, 0.1) is 13.1 Å². The van der Waals surface area contributed by atoms with E-state index >= 15 is 0 Å². The van der Waals surface area contributed by atoms with Crippen molar-refractivity contribution in [1.82, 2.24) is 10.2 Å². The Kier molecular flexibility index (Phi) is 5.18. The summed E-state index contributed by atoms with van der Waals surface area (Å²) in [6.07, 6.45) is 0.977. The predicted molar refractivity (Wildman–Crippen MR) is 74.0 cm³/mol. The Morgan fingerprint density at radius 3 is 2.89 bits per heavy atom. The molecule has 0 saturated carbocycles. The minimum absolute atomic E-state index is 0.0331. The zero-order valence-electron chi connectivity index (χ0n) is 11.0. The molecule has 1 aliphatic rings. The van der Waals surface area contributed by atoms with Gasteiger partial charge >= 0.3 is 0 Å². The molecule has 0 radical (unpaired) electrons. The number of nitrogens with one attached hydrogen (secondary N) is 1. The molecular formula is C14H21N3O2. The van der Waals surface area contributed by atoms with Crippen LogP contribution in [0.2, 0.25) is 0 Å². The SMILES string of the molecule is N[C@H]1CCN(CC(=O)NCCOc2ccccc2)C1. The number of carbonyl (C=O) groups excluding carboxylic acids is 1. The number of rotatable bonds is 6. The van der Waals surface area contributed by atoms with Crippen LogP contribution < -0.4 is 15.8 Å². The molecule has 3 N–H and O–H groups in total. The lowest BCUT2D eigenvalue weighted by Crippen LogP contribution is -2.38. The van der Waals surface area contributed by atoms with Gasteiger partial charge in [0.1, 0.15) is 12.4 Å². The average Bonchev–Trinajstić information content (AvgIpc) is 2.81. The van der Waals surface area contributed by atoms with E-state index in [1.54, 1.807) is 0 Å². The highest BCUT2D eigenvalue weighted by Gasteiger charge is 2.20. The van der Waals surface area contributed by atoms with Crippen LogP contribution in [-0.2, 0) is 4.79 Å². The summed E-state index contributed by atoms with van der Waals surface area (Å²) >= 11 is 0. The van der Waals surface area contributed by atoms with Gasteiger partial charge < -0.3 is 15.8 Å². The monoisotopic (exact) mass is 263 g/mol. The number of nitrogens with zero attached hydrogens (tertiary/aromatic N) is 1. The average molecular weight is 263 g/mol. The number of benzene rings is 1. The number of para-hydroxylation sites is 1. The van der Waals surface area contributed by atoms with Gasteiger partial charge in [-0.05, 0) is 18.6 Å². The van der Waals surface area contributed by atoms with Gasteiger partial charge in [0.2, 0.25) is 5.91 Å². The van der Waals surface area contributed by atoms with Crippen molar-refractivity contribution in [2.75, 3.05) is 32.8 Å². The van der Waals surface area contributed by atoms with Crippen molar-refractivity contribution >= 4 is 5.91 Å². The second-order valence-corrected chi connectivity index (χ2v) is 4.80. The largest absolute Gasteiger partial charge is 0.492 e. The Bertz CT molecular complexity index is 397. The molecule has 1 fully saturated rings. The van der Waals surface area contributed by atoms with Crippen molar-refractivity contribution in [3.05, 3.63) is 30.3 Å². The van der Waals surface area contributed by atoms with Crippen molar-refractivity contribution in [2.24, 2.45) is 5.73 Å². The maximum atomic E-state index is 11.7. The number of ether oxygens (including phenoxy) is 1. The Labute approximate surface area is 113 Å². The maximum Gasteiger partial charge on any atom is 0.234 e. The molecule has 104 valence electrons. The molecule has 1 aromatic carbocycles. The second kappa shape index (κ2) is 7.11. The standard InChI is InChI=1S/C14H21N3O2/c15-12-6-8-17(10-12)11-14(18)16-7-9-19-13-4-2-1-3-5-13/h1-5,12H,6-11,15H2,(H,16,18)/t12-/m0/s1. The van der Waals surface area contributed by atoms with Gasteiger partial charge in [-0.25, -0.2) is 0 Å². The molecule has 1 aliphatic heterocycles. The fourth-order valence-electron chi connectivity index (χ4n) is 2.14. The Morgan fingerprint density at radius 1 is 1.42 bits per heavy atom. The first kappa shape index (κ1) is 13.8. The van der Waals surface area contributed by atoms with Crippen molar-refractivity contribution in [3.8, 4) is 5.75 Å². The van der Waals surface area contributed by atoms with Crippen molar-refractivity contribution in [2.45, 2.75) is 12.5 Å². The number of nitrogens with two attached hydrogens (primary N) is 1. The molecule has 0 bridgehead atoms. The van der Waals surface area contributed by atoms with Gasteiger partial charge in [-0.1, -0.05) is 18.2 Å². The van der Waals surface area contributed by atoms with Crippen LogP contribution in [0.1, 0.15) is 6.42 Å². The second-order valence-electron chi connectivity index (χ2n) is 4.80. The van der Waals surface area contributed by atoms with Crippen molar-refractivity contribution in [1.29, 1.82) is 0 Å². The zero-order chi connectivity index (χ0) is 13.5. The van der Waals surface area contributed by atoms with Crippen molar-refractivity contribution in [3.63, 3.8) is 0 Å². The van der Waals surface area contributed by atoms with E-state index in [0.717, 1.165) is 25.3 Å². The summed E-state index contributed by atoms with van der Waals surface area (Å²) in [5.41, 5.74) is 5.79. The van der Waals surface area contributed by atoms with Gasteiger partial charge in [0.25, 0.3) is 0 Å². The van der Waals surface area contributed by atoms with Gasteiger partial charge in [-0.3, -0.25) is 9.69 Å². The summed E-state index contributed by atoms with van der Waals surface area (Å²) in [6, 6.07) is 9.79. The number of carbonyl (C=O) groups is 1. The number of hydrogen-bond acceptors (Lipinski definition) is 4. The van der Waals surface area contributed by atoms with E-state index in [1.807, 2.05) is 30.3 Å². The minimum atomic E-state index is 0.0331. The van der Waals surface area contributed by atoms with Crippen LogP contribution in [0.3, 0.4) is 0 Å². The highest BCUT2D eigenvalue weighted by atomic mass is 16.5. The summed E-state index contributed by atoms with van der Waals surface area (Å²) in [4.78, 5) is 13.7. The lowest BCUT2D eigenvalue weighted by atomic mass is 10.3. The minimum Gasteiger partial charge on any atom is -0.492 e. The quantitative estimate of drug-likeness (QED) is 0.720. The molecule has 0 aliphatic carbocycles. The fourth-order valence-corrected chi connectivity index (χ4v) is 2.14. The van der Waals surface area contributed by atoms with Crippen LogP contribution in [0.4, 0.5) is 0 Å². The molecule has 19 heavy (non-hydrogen) atoms. The van der Waals surface area contributed by atoms with Gasteiger partial charge in [-0.15, -0.1) is 0 Å². The van der Waals surface area contributed by atoms with E-state index in [-0.39, 0.29) is 11.9 Å². The molecule has 0 spiro atoms. The molecular weight excluding hydrogens is 242 g/mol. The molecule has 0 aromatic heterocycles. The first-order valence-corrected chi connectivity index (χ1v) is 6.66. The summed E-state index contributed by atoms with van der Waals surface area (Å²) in [7, 11) is 0. The van der Waals surface area contributed by atoms with E-state index in [1.165, 1.54) is 0 Å². The molecule has 1 heterocycles. The van der Waals surface area contributed by atoms with Gasteiger partial charge in [-0.2, -0.15) is 0 Å². The third kappa shape index (κ3) is 4.89. The third-order valence-electron chi connectivity index (χ3n) is 3.11. The third-order valence-corrected chi connectivity index (χ3v) is 3.11. The summed E-state index contributed by atoms with van der Waals surface area (Å²) in [6.45, 7) is 3.16. The van der Waals surface area contributed by atoms with Gasteiger partial charge in [0.15, 0.2) is 0 Å². The predicted octanol–water partition coefficient (Wildman–Crippen LogP) is 0.215. The molecule has 1 amide bonds. The summed E-state index contributed by atoms with van der Waals surface area (Å²) < 4.78 is 5.50. The summed E-state index contributed by atoms with van der Waals surface area (Å²) in [5.74, 6) is 0.855. The van der Waals surface area contributed by atoms with Crippen LogP contribution in [0, 0.1) is 0 Å². The maximum absolute atomic E-state index is 11.7. The first-order chi connectivity index (χ1) is 9.24. The Hall–Kier alpha value is -1.59. The number of amides is 1. The Morgan fingerprint density at radius 2 is 2.21 bits per heavy atom. The molecule has 5 nitrogen and oxygen atoms in total. The van der Waals surface area contributed by atoms with E-state index < -0.39 is 0 Å². The zero-order valence-corrected chi connectivity index (χ0v) is 11.0. The van der Waals surface area contributed by atoms with E-state index in [4.69, 9.17) is 10.5 Å². The smallest absolute Gasteiger partial charge is 0.234 e. The van der Waals surface area contributed by atoms with Crippen LogP contribution in [-0.4, -0.2) is 49.6 Å². The normalized spacial score (nSPS) is 19.3. The lowest BCUT2D eigenvalue weighted by Gasteiger charge is -2.14. The molecule has 1 aromatic rings. The first-order valence-electron chi connectivity index (χ1n) is 6.66. The molecule has 0 unspecified atom stereocenters. The van der Waals surface area contributed by atoms with E-state index in [0.29, 0.717) is 19.7 Å². The molecule has 2 rings (SSSR count). The fraction of sp³-hybridized carbons (Fsp3) is 0.500. The van der Waals surface area contributed by atoms with E-state index in [2.05, 4.69) is 10.2 Å². The lowest BCUT2D eigenvalue weighted by molar-refractivity contribution is -0.122.